The molecule has 0 aliphatic carbocycles. The van der Waals surface area contributed by atoms with Gasteiger partial charge in [0.1, 0.15) is 0 Å². The fourth-order valence-corrected chi connectivity index (χ4v) is 7.18. The molecule has 4 aromatic carbocycles. The second kappa shape index (κ2) is 7.20. The zero-order chi connectivity index (χ0) is 23.8. The molecule has 3 heteroatoms. The molecule has 34 heavy (non-hydrogen) atoms. The quantitative estimate of drug-likeness (QED) is 0.342. The molecule has 0 unspecified atom stereocenters. The van der Waals surface area contributed by atoms with E-state index in [1.807, 2.05) is 0 Å². The molecular weight excluding hydrogens is 413 g/mol. The molecule has 0 amide bonds. The van der Waals surface area contributed by atoms with Gasteiger partial charge in [0.25, 0.3) is 0 Å². The van der Waals surface area contributed by atoms with Gasteiger partial charge in [0, 0.05) is 6.07 Å². The lowest BCUT2D eigenvalue weighted by Gasteiger charge is -2.38. The fraction of sp³-hybridized carbons (Fsp3) is 0.194. The number of aromatic nitrogens is 1. The fourth-order valence-electron chi connectivity index (χ4n) is 7.18. The van der Waals surface area contributed by atoms with Crippen LogP contribution in [0.2, 0.25) is 0 Å². The molecule has 0 fully saturated rings. The Morgan fingerprint density at radius 2 is 1.12 bits per heavy atom. The monoisotopic (exact) mass is 443 g/mol. The van der Waals surface area contributed by atoms with Crippen LogP contribution in [-0.2, 0) is 0 Å². The third-order valence-corrected chi connectivity index (χ3v) is 7.89. The lowest BCUT2D eigenvalue weighted by atomic mass is 9.22. The van der Waals surface area contributed by atoms with Gasteiger partial charge in [-0.15, -0.1) is 16.4 Å². The molecule has 1 aromatic heterocycles. The van der Waals surface area contributed by atoms with Gasteiger partial charge in [-0.2, -0.15) is 0 Å². The van der Waals surface area contributed by atoms with Gasteiger partial charge in [-0.25, -0.2) is 0 Å². The number of para-hydroxylation sites is 2. The summed E-state index contributed by atoms with van der Waals surface area (Å²) in [6, 6.07) is 26.7. The number of nitrogens with zero attached hydrogens (tertiary/aromatic N) is 1. The van der Waals surface area contributed by atoms with Crippen LogP contribution in [0.3, 0.4) is 0 Å². The lowest BCUT2D eigenvalue weighted by molar-refractivity contribution is -0.499. The van der Waals surface area contributed by atoms with Crippen molar-refractivity contribution in [2.24, 2.45) is 0 Å². The zero-order valence-electron chi connectivity index (χ0n) is 20.9. The standard InChI is InChI=1S/C31H30BNO/c1-19-15-21(3)29(22(4)16-19)32(30-23(5)17-20(2)18-24(30)6)26-12-8-7-11-25(26)31-33(32)27-13-9-10-14-28(27)34-31/h7-18H,1-6H3. The minimum absolute atomic E-state index is 0.933. The Morgan fingerprint density at radius 3 is 1.71 bits per heavy atom. The molecule has 0 radical (unpaired) electrons. The molecule has 2 heterocycles. The van der Waals surface area contributed by atoms with Gasteiger partial charge in [0.05, 0.1) is 5.56 Å². The zero-order valence-corrected chi connectivity index (χ0v) is 20.9. The summed E-state index contributed by atoms with van der Waals surface area (Å²) in [5, 5.41) is 0. The summed E-state index contributed by atoms with van der Waals surface area (Å²) in [6.07, 6.45) is -1.52. The van der Waals surface area contributed by atoms with Crippen molar-refractivity contribution in [3.05, 3.63) is 106 Å². The number of rotatable bonds is 2. The number of aryl methyl sites for hydroxylation is 6. The van der Waals surface area contributed by atoms with E-state index < -0.39 is 6.28 Å². The smallest absolute Gasteiger partial charge is 0.365 e. The van der Waals surface area contributed by atoms with Crippen LogP contribution < -0.4 is 20.9 Å². The van der Waals surface area contributed by atoms with Gasteiger partial charge in [0.15, 0.2) is 11.1 Å². The van der Waals surface area contributed by atoms with Crippen molar-refractivity contribution in [3.63, 3.8) is 0 Å². The number of fused-ring (bicyclic) bond motifs is 5. The first kappa shape index (κ1) is 21.0. The summed E-state index contributed by atoms with van der Waals surface area (Å²) < 4.78 is 9.16. The normalized spacial score (nSPS) is 13.8. The highest BCUT2D eigenvalue weighted by atomic mass is 16.4. The Bertz CT molecular complexity index is 1520. The first-order valence-electron chi connectivity index (χ1n) is 12.2. The van der Waals surface area contributed by atoms with Crippen molar-refractivity contribution >= 4 is 33.8 Å². The summed E-state index contributed by atoms with van der Waals surface area (Å²) in [6.45, 7) is 13.5. The van der Waals surface area contributed by atoms with E-state index in [0.717, 1.165) is 17.0 Å². The van der Waals surface area contributed by atoms with Gasteiger partial charge in [-0.1, -0.05) is 88.0 Å². The van der Waals surface area contributed by atoms with Crippen molar-refractivity contribution in [2.75, 3.05) is 0 Å². The predicted molar refractivity (Wildman–Crippen MR) is 143 cm³/mol. The second-order valence-electron chi connectivity index (χ2n) is 10.3. The first-order valence-corrected chi connectivity index (χ1v) is 12.2. The van der Waals surface area contributed by atoms with E-state index in [4.69, 9.17) is 4.42 Å². The van der Waals surface area contributed by atoms with Crippen molar-refractivity contribution in [1.29, 1.82) is 0 Å². The number of oxazole rings is 1. The average Bonchev–Trinajstić information content (AvgIpc) is 3.28. The van der Waals surface area contributed by atoms with E-state index in [0.29, 0.717) is 0 Å². The molecule has 2 nitrogen and oxygen atoms in total. The maximum Gasteiger partial charge on any atom is 0.365 e. The predicted octanol–water partition coefficient (Wildman–Crippen LogP) is 5.07. The molecule has 0 saturated heterocycles. The van der Waals surface area contributed by atoms with Gasteiger partial charge >= 0.3 is 12.2 Å². The summed E-state index contributed by atoms with van der Waals surface area (Å²) in [7, 11) is 0. The Balaban J connectivity index is 1.93. The van der Waals surface area contributed by atoms with E-state index in [-0.39, 0.29) is 0 Å². The van der Waals surface area contributed by atoms with Crippen molar-refractivity contribution < 1.29 is 8.90 Å². The van der Waals surface area contributed by atoms with Crippen LogP contribution in [0, 0.1) is 41.5 Å². The maximum atomic E-state index is 6.62. The molecule has 0 saturated carbocycles. The van der Waals surface area contributed by atoms with Crippen LogP contribution in [0.5, 0.6) is 0 Å². The van der Waals surface area contributed by atoms with Gasteiger partial charge in [0.2, 0.25) is 0 Å². The van der Waals surface area contributed by atoms with Crippen molar-refractivity contribution in [2.45, 2.75) is 41.5 Å². The lowest BCUT2D eigenvalue weighted by Crippen LogP contribution is -2.84. The van der Waals surface area contributed by atoms with E-state index >= 15 is 0 Å². The topological polar surface area (TPSA) is 17.0 Å². The Labute approximate surface area is 201 Å². The SMILES string of the molecule is Cc1cc(C)c([B-]2(c3c(C)cc(C)cc3C)c3ccccc3-c3oc4ccccc4[n+]32)c(C)c1. The third kappa shape index (κ3) is 2.61. The van der Waals surface area contributed by atoms with E-state index in [1.54, 1.807) is 0 Å². The van der Waals surface area contributed by atoms with Crippen LogP contribution in [0.25, 0.3) is 22.6 Å². The number of hydrogen-bond donors (Lipinski definition) is 0. The second-order valence-corrected chi connectivity index (χ2v) is 10.3. The summed E-state index contributed by atoms with van der Waals surface area (Å²) >= 11 is 0. The third-order valence-electron chi connectivity index (χ3n) is 7.89. The van der Waals surface area contributed by atoms with Crippen molar-refractivity contribution in [1.82, 2.24) is 0 Å². The highest BCUT2D eigenvalue weighted by Crippen LogP contribution is 2.32. The minimum Gasteiger partial charge on any atom is -0.401 e. The molecule has 0 atom stereocenters. The minimum atomic E-state index is -1.52. The van der Waals surface area contributed by atoms with Crippen molar-refractivity contribution in [3.8, 4) is 11.5 Å². The van der Waals surface area contributed by atoms with Gasteiger partial charge in [-0.05, 0) is 53.7 Å². The molecule has 6 rings (SSSR count). The van der Waals surface area contributed by atoms with Crippen LogP contribution in [-0.4, -0.2) is 6.28 Å². The highest BCUT2D eigenvalue weighted by molar-refractivity contribution is 7.08. The van der Waals surface area contributed by atoms with E-state index in [9.17, 15) is 0 Å². The summed E-state index contributed by atoms with van der Waals surface area (Å²) in [5.74, 6) is 0.954. The number of hydrogen-bond acceptors (Lipinski definition) is 1. The molecule has 1 aliphatic heterocycles. The van der Waals surface area contributed by atoms with Gasteiger partial charge < -0.3 is 8.90 Å². The molecule has 0 spiro atoms. The van der Waals surface area contributed by atoms with Crippen LogP contribution in [0.4, 0.5) is 0 Å². The van der Waals surface area contributed by atoms with E-state index in [2.05, 4.69) is 119 Å². The molecule has 168 valence electrons. The highest BCUT2D eigenvalue weighted by Gasteiger charge is 2.55. The van der Waals surface area contributed by atoms with Gasteiger partial charge in [-0.3, -0.25) is 0 Å². The van der Waals surface area contributed by atoms with Crippen LogP contribution in [0.15, 0.2) is 77.2 Å². The largest absolute Gasteiger partial charge is 0.401 e. The Kier molecular flexibility index (Phi) is 4.45. The molecule has 5 aromatic rings. The molecule has 0 N–H and O–H groups in total. The molecule has 0 bridgehead atoms. The average molecular weight is 443 g/mol. The Hall–Kier alpha value is -3.59. The van der Waals surface area contributed by atoms with Crippen LogP contribution >= 0.6 is 0 Å². The maximum absolute atomic E-state index is 6.62. The molecular formula is C31H30BNO. The first-order chi connectivity index (χ1) is 16.3. The van der Waals surface area contributed by atoms with Crippen LogP contribution in [0.1, 0.15) is 33.4 Å². The summed E-state index contributed by atoms with van der Waals surface area (Å²) in [5.41, 5.74) is 15.4. The number of benzene rings is 4. The molecule has 1 aliphatic rings. The Morgan fingerprint density at radius 1 is 0.618 bits per heavy atom. The summed E-state index contributed by atoms with van der Waals surface area (Å²) in [4.78, 5) is 0. The van der Waals surface area contributed by atoms with E-state index in [1.165, 1.54) is 55.3 Å².